The Morgan fingerprint density at radius 2 is 1.63 bits per heavy atom. The molecule has 9 nitrogen and oxygen atoms in total. The van der Waals surface area contributed by atoms with Crippen molar-refractivity contribution < 1.29 is 29.3 Å². The Kier molecular flexibility index (Phi) is 10.5. The fourth-order valence-corrected chi connectivity index (χ4v) is 4.42. The topological polar surface area (TPSA) is 128 Å². The molecule has 0 aliphatic rings. The van der Waals surface area contributed by atoms with Gasteiger partial charge in [-0.3, -0.25) is 9.59 Å². The first-order valence-corrected chi connectivity index (χ1v) is 13.5. The average Bonchev–Trinajstić information content (AvgIpc) is 2.89. The minimum absolute atomic E-state index is 0.0558. The normalized spacial score (nSPS) is 12.6. The number of hydrogen-bond donors (Lipinski definition) is 4. The molecule has 2 unspecified atom stereocenters. The van der Waals surface area contributed by atoms with E-state index in [2.05, 4.69) is 10.6 Å². The van der Waals surface area contributed by atoms with Crippen LogP contribution >= 0.6 is 0 Å². The van der Waals surface area contributed by atoms with Crippen molar-refractivity contribution in [2.75, 3.05) is 18.5 Å². The number of phenols is 1. The van der Waals surface area contributed by atoms with Gasteiger partial charge in [-0.15, -0.1) is 0 Å². The van der Waals surface area contributed by atoms with E-state index in [1.807, 2.05) is 38.1 Å². The van der Waals surface area contributed by atoms with Crippen molar-refractivity contribution in [3.05, 3.63) is 95.1 Å². The molecule has 2 atom stereocenters. The lowest BCUT2D eigenvalue weighted by Crippen LogP contribution is -2.53. The average molecular weight is 562 g/mol. The van der Waals surface area contributed by atoms with Crippen LogP contribution in [0.1, 0.15) is 49.1 Å². The molecule has 3 aromatic rings. The molecule has 218 valence electrons. The maximum absolute atomic E-state index is 14.2. The van der Waals surface area contributed by atoms with Crippen molar-refractivity contribution in [2.24, 2.45) is 0 Å². The van der Waals surface area contributed by atoms with Crippen molar-refractivity contribution >= 4 is 23.6 Å². The highest BCUT2D eigenvalue weighted by molar-refractivity contribution is 5.99. The minimum Gasteiger partial charge on any atom is -0.508 e. The van der Waals surface area contributed by atoms with Crippen molar-refractivity contribution in [1.82, 2.24) is 10.2 Å². The molecule has 0 aliphatic heterocycles. The fourth-order valence-electron chi connectivity index (χ4n) is 4.42. The number of aromatic hydroxyl groups is 1. The largest absolute Gasteiger partial charge is 0.508 e. The Morgan fingerprint density at radius 3 is 2.24 bits per heavy atom. The van der Waals surface area contributed by atoms with Crippen molar-refractivity contribution in [3.63, 3.8) is 0 Å². The molecule has 0 radical (unpaired) electrons. The summed E-state index contributed by atoms with van der Waals surface area (Å²) in [4.78, 5) is 42.2. The lowest BCUT2D eigenvalue weighted by atomic mass is 9.99. The lowest BCUT2D eigenvalue weighted by Gasteiger charge is -2.34. The molecule has 3 rings (SSSR count). The number of ether oxygens (including phenoxy) is 1. The van der Waals surface area contributed by atoms with Crippen LogP contribution in [-0.2, 0) is 20.7 Å². The SMILES string of the molecule is Cc1cccc(C(C(=O)Nc2ccccc2C)N(CCO)C(=O)C(Cc2ccc(O)cc2)NC(=O)OC(C)(C)C)c1. The number of carbonyl (C=O) groups is 3. The van der Waals surface area contributed by atoms with E-state index >= 15 is 0 Å². The van der Waals surface area contributed by atoms with E-state index in [4.69, 9.17) is 4.74 Å². The molecule has 41 heavy (non-hydrogen) atoms. The number of nitrogens with one attached hydrogen (secondary N) is 2. The summed E-state index contributed by atoms with van der Waals surface area (Å²) in [7, 11) is 0. The summed E-state index contributed by atoms with van der Waals surface area (Å²) in [6, 6.07) is 18.6. The number of hydrogen-bond acceptors (Lipinski definition) is 6. The van der Waals surface area contributed by atoms with Gasteiger partial charge in [-0.05, 0) is 69.5 Å². The molecule has 0 saturated heterocycles. The van der Waals surface area contributed by atoms with Gasteiger partial charge in [0.2, 0.25) is 5.91 Å². The Hall–Kier alpha value is -4.37. The summed E-state index contributed by atoms with van der Waals surface area (Å²) in [6.45, 7) is 8.31. The van der Waals surface area contributed by atoms with Gasteiger partial charge in [-0.25, -0.2) is 4.79 Å². The van der Waals surface area contributed by atoms with Crippen LogP contribution in [0.4, 0.5) is 10.5 Å². The molecule has 3 amide bonds. The summed E-state index contributed by atoms with van der Waals surface area (Å²) < 4.78 is 5.43. The number of aliphatic hydroxyl groups excluding tert-OH is 1. The predicted molar refractivity (Wildman–Crippen MR) is 157 cm³/mol. The quantitative estimate of drug-likeness (QED) is 0.285. The van der Waals surface area contributed by atoms with Gasteiger partial charge >= 0.3 is 6.09 Å². The fraction of sp³-hybridized carbons (Fsp3) is 0.344. The van der Waals surface area contributed by atoms with Gasteiger partial charge in [0.25, 0.3) is 5.91 Å². The molecule has 0 aromatic heterocycles. The van der Waals surface area contributed by atoms with Gasteiger partial charge in [-0.2, -0.15) is 0 Å². The highest BCUT2D eigenvalue weighted by atomic mass is 16.6. The molecule has 0 spiro atoms. The standard InChI is InChI=1S/C32H39N3O6/c1-21-9-8-11-24(19-21)28(29(38)33-26-12-7-6-10-22(26)2)35(17-18-36)30(39)27(34-31(40)41-32(3,4)5)20-23-13-15-25(37)16-14-23/h6-16,19,27-28,36-37H,17-18,20H2,1-5H3,(H,33,38)(H,34,40). The molecule has 0 heterocycles. The summed E-state index contributed by atoms with van der Waals surface area (Å²) in [5.41, 5.74) is 2.74. The number of anilines is 1. The Bertz CT molecular complexity index is 1350. The van der Waals surface area contributed by atoms with Gasteiger partial charge < -0.3 is 30.5 Å². The molecular weight excluding hydrogens is 522 g/mol. The Labute approximate surface area is 241 Å². The highest BCUT2D eigenvalue weighted by Gasteiger charge is 2.36. The van der Waals surface area contributed by atoms with E-state index in [0.717, 1.165) is 11.1 Å². The van der Waals surface area contributed by atoms with Crippen molar-refractivity contribution in [3.8, 4) is 5.75 Å². The maximum Gasteiger partial charge on any atom is 0.408 e. The second-order valence-electron chi connectivity index (χ2n) is 10.9. The van der Waals surface area contributed by atoms with Gasteiger partial charge in [0.05, 0.1) is 6.61 Å². The molecule has 0 aliphatic carbocycles. The number of para-hydroxylation sites is 1. The van der Waals surface area contributed by atoms with Gasteiger partial charge in [-0.1, -0.05) is 60.2 Å². The molecule has 0 fully saturated rings. The van der Waals surface area contributed by atoms with Crippen molar-refractivity contribution in [2.45, 2.75) is 58.7 Å². The number of aryl methyl sites for hydroxylation is 2. The second-order valence-corrected chi connectivity index (χ2v) is 10.9. The summed E-state index contributed by atoms with van der Waals surface area (Å²) in [6.07, 6.45) is -0.740. The highest BCUT2D eigenvalue weighted by Crippen LogP contribution is 2.26. The third kappa shape index (κ3) is 9.08. The summed E-state index contributed by atoms with van der Waals surface area (Å²) >= 11 is 0. The van der Waals surface area contributed by atoms with E-state index in [1.165, 1.54) is 17.0 Å². The van der Waals surface area contributed by atoms with Crippen LogP contribution in [-0.4, -0.2) is 57.8 Å². The molecule has 3 aromatic carbocycles. The van der Waals surface area contributed by atoms with Crippen LogP contribution in [0.5, 0.6) is 5.75 Å². The van der Waals surface area contributed by atoms with Crippen LogP contribution in [0.2, 0.25) is 0 Å². The van der Waals surface area contributed by atoms with E-state index in [9.17, 15) is 24.6 Å². The Morgan fingerprint density at radius 1 is 0.951 bits per heavy atom. The minimum atomic E-state index is -1.14. The third-order valence-corrected chi connectivity index (χ3v) is 6.31. The smallest absolute Gasteiger partial charge is 0.408 e. The van der Waals surface area contributed by atoms with Gasteiger partial charge in [0.1, 0.15) is 23.4 Å². The Balaban J connectivity index is 2.04. The summed E-state index contributed by atoms with van der Waals surface area (Å²) in [5, 5.41) is 25.3. The van der Waals surface area contributed by atoms with Crippen LogP contribution in [0, 0.1) is 13.8 Å². The number of carbonyl (C=O) groups excluding carboxylic acids is 3. The van der Waals surface area contributed by atoms with Gasteiger partial charge in [0, 0.05) is 18.7 Å². The van der Waals surface area contributed by atoms with E-state index in [-0.39, 0.29) is 18.7 Å². The lowest BCUT2D eigenvalue weighted by molar-refractivity contribution is -0.141. The molecule has 9 heteroatoms. The first kappa shape index (κ1) is 31.2. The molecule has 0 bridgehead atoms. The maximum atomic E-state index is 14.2. The number of alkyl carbamates (subject to hydrolysis) is 1. The van der Waals surface area contributed by atoms with Crippen LogP contribution in [0.25, 0.3) is 0 Å². The van der Waals surface area contributed by atoms with Crippen LogP contribution in [0.15, 0.2) is 72.8 Å². The summed E-state index contributed by atoms with van der Waals surface area (Å²) in [5.74, 6) is -0.984. The number of nitrogens with zero attached hydrogens (tertiary/aromatic N) is 1. The number of aliphatic hydroxyl groups is 1. The van der Waals surface area contributed by atoms with Crippen LogP contribution in [0.3, 0.4) is 0 Å². The van der Waals surface area contributed by atoms with E-state index < -0.39 is 42.2 Å². The van der Waals surface area contributed by atoms with E-state index in [0.29, 0.717) is 16.8 Å². The number of rotatable bonds is 10. The first-order chi connectivity index (χ1) is 19.4. The van der Waals surface area contributed by atoms with E-state index in [1.54, 1.807) is 57.2 Å². The van der Waals surface area contributed by atoms with Crippen LogP contribution < -0.4 is 10.6 Å². The van der Waals surface area contributed by atoms with Gasteiger partial charge in [0.15, 0.2) is 0 Å². The molecular formula is C32H39N3O6. The molecule has 4 N–H and O–H groups in total. The zero-order chi connectivity index (χ0) is 30.2. The second kappa shape index (κ2) is 13.8. The zero-order valence-corrected chi connectivity index (χ0v) is 24.2. The van der Waals surface area contributed by atoms with Crippen molar-refractivity contribution in [1.29, 1.82) is 0 Å². The number of benzene rings is 3. The number of phenolic OH excluding ortho intramolecular Hbond substituents is 1. The monoisotopic (exact) mass is 561 g/mol. The predicted octanol–water partition coefficient (Wildman–Crippen LogP) is 4.65. The molecule has 0 saturated carbocycles. The first-order valence-electron chi connectivity index (χ1n) is 13.5. The zero-order valence-electron chi connectivity index (χ0n) is 24.2. The third-order valence-electron chi connectivity index (χ3n) is 6.31. The number of amides is 3.